The molecular formula is C23H35Cl3U-3. The van der Waals surface area contributed by atoms with Gasteiger partial charge in [0.25, 0.3) is 0 Å². The largest absolute Gasteiger partial charge is 3.00 e. The Bertz CT molecular complexity index is 539. The Morgan fingerprint density at radius 1 is 0.704 bits per heavy atom. The van der Waals surface area contributed by atoms with Gasteiger partial charge >= 0.3 is 31.1 Å². The van der Waals surface area contributed by atoms with Gasteiger partial charge in [-0.25, -0.2) is 30.7 Å². The monoisotopic (exact) mass is 654 g/mol. The van der Waals surface area contributed by atoms with Gasteiger partial charge in [-0.3, -0.25) is 12.2 Å². The van der Waals surface area contributed by atoms with Crippen molar-refractivity contribution >= 4 is 0 Å². The summed E-state index contributed by atoms with van der Waals surface area (Å²) in [6.07, 6.45) is 8.37. The van der Waals surface area contributed by atoms with Gasteiger partial charge in [-0.15, -0.1) is 13.8 Å². The van der Waals surface area contributed by atoms with E-state index in [0.29, 0.717) is 0 Å². The van der Waals surface area contributed by atoms with Crippen LogP contribution in [0.4, 0.5) is 0 Å². The summed E-state index contributed by atoms with van der Waals surface area (Å²) in [6.45, 7) is 28.3. The molecule has 2 aliphatic carbocycles. The Morgan fingerprint density at radius 2 is 0.889 bits per heavy atom. The van der Waals surface area contributed by atoms with Crippen LogP contribution in [0.3, 0.4) is 0 Å². The van der Waals surface area contributed by atoms with Crippen molar-refractivity contribution in [3.63, 3.8) is 0 Å². The van der Waals surface area contributed by atoms with Crippen LogP contribution < -0.4 is 37.2 Å². The average molecular weight is 656 g/mol. The smallest absolute Gasteiger partial charge is 1.00 e. The fourth-order valence-corrected chi connectivity index (χ4v) is 2.81. The van der Waals surface area contributed by atoms with Crippen LogP contribution in [0.1, 0.15) is 69.2 Å². The predicted octanol–water partition coefficient (Wildman–Crippen LogP) is -1.76. The number of rotatable bonds is 0. The van der Waals surface area contributed by atoms with E-state index >= 15 is 0 Å². The Balaban J connectivity index is -0.0000000924. The third-order valence-corrected chi connectivity index (χ3v) is 5.12. The maximum absolute atomic E-state index is 3.44. The second kappa shape index (κ2) is 15.3. The van der Waals surface area contributed by atoms with Crippen molar-refractivity contribution < 1.29 is 68.3 Å². The van der Waals surface area contributed by atoms with Crippen molar-refractivity contribution in [2.75, 3.05) is 0 Å². The molecule has 0 nitrogen and oxygen atoms in total. The van der Waals surface area contributed by atoms with Crippen molar-refractivity contribution in [3.8, 4) is 0 Å². The third-order valence-electron chi connectivity index (χ3n) is 5.12. The van der Waals surface area contributed by atoms with Gasteiger partial charge < -0.3 is 37.2 Å². The minimum atomic E-state index is 0. The maximum Gasteiger partial charge on any atom is 3.00 e. The fraction of sp³-hybridized carbons (Fsp3) is 0.522. The maximum atomic E-state index is 3.44. The number of allylic oxidation sites excluding steroid dienone is 9. The number of halogens is 3. The molecule has 0 amide bonds. The van der Waals surface area contributed by atoms with Gasteiger partial charge in [0.15, 0.2) is 0 Å². The van der Waals surface area contributed by atoms with Crippen molar-refractivity contribution in [2.45, 2.75) is 69.2 Å². The molecule has 1 radical (unpaired) electrons. The van der Waals surface area contributed by atoms with E-state index in [2.05, 4.69) is 94.9 Å². The van der Waals surface area contributed by atoms with Gasteiger partial charge in [0, 0.05) is 0 Å². The van der Waals surface area contributed by atoms with Crippen LogP contribution >= 0.6 is 0 Å². The quantitative estimate of drug-likeness (QED) is 0.272. The summed E-state index contributed by atoms with van der Waals surface area (Å²) in [5.41, 5.74) is 8.79. The first-order valence-electron chi connectivity index (χ1n) is 8.32. The Kier molecular flexibility index (Phi) is 21.7. The van der Waals surface area contributed by atoms with E-state index in [1.165, 1.54) is 39.5 Å². The Hall–Kier alpha value is 0.492. The molecule has 0 unspecified atom stereocenters. The summed E-state index contributed by atoms with van der Waals surface area (Å²) < 4.78 is 0. The molecule has 0 fully saturated rings. The van der Waals surface area contributed by atoms with E-state index in [9.17, 15) is 0 Å². The molecule has 0 aliphatic heterocycles. The van der Waals surface area contributed by atoms with Gasteiger partial charge in [0.1, 0.15) is 0 Å². The SMILES string of the molecule is C=C[CH2-].CC1=[C-]C(C)(C)C(C)=C1C.CC1=[C-]C(C)(C)C(C)=C1C.[Cl-].[Cl-].[Cl-].[U+3]. The molecule has 0 spiro atoms. The van der Waals surface area contributed by atoms with Crippen LogP contribution in [0.15, 0.2) is 46.1 Å². The average Bonchev–Trinajstić information content (AvgIpc) is 2.71. The van der Waals surface area contributed by atoms with Crippen molar-refractivity contribution in [3.05, 3.63) is 65.2 Å². The molecule has 0 aromatic heterocycles. The first-order valence-corrected chi connectivity index (χ1v) is 8.32. The molecule has 0 N–H and O–H groups in total. The molecule has 0 saturated carbocycles. The van der Waals surface area contributed by atoms with E-state index in [1.54, 1.807) is 0 Å². The van der Waals surface area contributed by atoms with Crippen LogP contribution in [0.5, 0.6) is 0 Å². The van der Waals surface area contributed by atoms with E-state index in [1.807, 2.05) is 0 Å². The molecule has 0 atom stereocenters. The molecule has 2 aliphatic rings. The van der Waals surface area contributed by atoms with E-state index < -0.39 is 0 Å². The van der Waals surface area contributed by atoms with Crippen LogP contribution in [0.25, 0.3) is 0 Å². The molecule has 0 saturated heterocycles. The summed E-state index contributed by atoms with van der Waals surface area (Å²) in [5, 5.41) is 0. The summed E-state index contributed by atoms with van der Waals surface area (Å²) >= 11 is 0. The van der Waals surface area contributed by atoms with Gasteiger partial charge in [0.2, 0.25) is 0 Å². The van der Waals surface area contributed by atoms with Crippen LogP contribution in [0.2, 0.25) is 0 Å². The zero-order valence-corrected chi connectivity index (χ0v) is 25.1. The van der Waals surface area contributed by atoms with E-state index in [-0.39, 0.29) is 79.2 Å². The predicted molar refractivity (Wildman–Crippen MR) is 105 cm³/mol. The molecule has 2 rings (SSSR count). The van der Waals surface area contributed by atoms with Crippen LogP contribution in [0, 0.1) is 61.0 Å². The molecule has 4 heteroatoms. The van der Waals surface area contributed by atoms with Crippen LogP contribution in [-0.4, -0.2) is 0 Å². The normalized spacial score (nSPS) is 17.9. The zero-order valence-electron chi connectivity index (χ0n) is 18.6. The van der Waals surface area contributed by atoms with Crippen molar-refractivity contribution in [1.29, 1.82) is 0 Å². The second-order valence-corrected chi connectivity index (χ2v) is 7.54. The zero-order chi connectivity index (χ0) is 18.6. The van der Waals surface area contributed by atoms with Crippen LogP contribution in [-0.2, 0) is 0 Å². The topological polar surface area (TPSA) is 0 Å². The van der Waals surface area contributed by atoms with E-state index in [0.717, 1.165) is 0 Å². The van der Waals surface area contributed by atoms with Crippen molar-refractivity contribution in [2.24, 2.45) is 10.8 Å². The number of hydrogen-bond donors (Lipinski definition) is 0. The number of hydrogen-bond acceptors (Lipinski definition) is 0. The molecule has 27 heavy (non-hydrogen) atoms. The molecule has 0 aromatic carbocycles. The minimum Gasteiger partial charge on any atom is -1.00 e. The van der Waals surface area contributed by atoms with Gasteiger partial charge in [-0.2, -0.15) is 22.3 Å². The first kappa shape index (κ1) is 38.1. The summed E-state index contributed by atoms with van der Waals surface area (Å²) in [6, 6.07) is 0. The molecule has 0 bridgehead atoms. The minimum absolute atomic E-state index is 0. The standard InChI is InChI=1S/2C10H15.C3H5.3ClH.U/c2*1-7-6-10(4,5)9(3)8(7)2;1-3-2;;;;/h2*1-5H3;3H,1-2H2;3*1H;/q3*-1;;;;+3/p-3. The van der Waals surface area contributed by atoms with Gasteiger partial charge in [-0.05, 0) is 0 Å². The molecule has 155 valence electrons. The summed E-state index contributed by atoms with van der Waals surface area (Å²) in [7, 11) is 0. The fourth-order valence-electron chi connectivity index (χ4n) is 2.81. The third kappa shape index (κ3) is 10.7. The van der Waals surface area contributed by atoms with Gasteiger partial charge in [0.05, 0.1) is 0 Å². The van der Waals surface area contributed by atoms with Gasteiger partial charge in [-0.1, -0.05) is 66.2 Å². The summed E-state index contributed by atoms with van der Waals surface area (Å²) in [5.74, 6) is 0. The molecular weight excluding hydrogens is 621 g/mol. The van der Waals surface area contributed by atoms with Crippen molar-refractivity contribution in [1.82, 2.24) is 0 Å². The molecule has 0 heterocycles. The Labute approximate surface area is 212 Å². The van der Waals surface area contributed by atoms with E-state index in [4.69, 9.17) is 0 Å². The Morgan fingerprint density at radius 3 is 0.926 bits per heavy atom. The second-order valence-electron chi connectivity index (χ2n) is 7.54. The molecule has 0 aromatic rings. The first-order chi connectivity index (χ1) is 10.3. The summed E-state index contributed by atoms with van der Waals surface area (Å²) in [4.78, 5) is 0.